The maximum absolute atomic E-state index is 12.8. The molecule has 0 saturated carbocycles. The smallest absolute Gasteiger partial charge is 0.193 e. The van der Waals surface area contributed by atoms with Crippen LogP contribution in [0.4, 0.5) is 0 Å². The Morgan fingerprint density at radius 1 is 1.14 bits per heavy atom. The van der Waals surface area contributed by atoms with Crippen LogP contribution >= 0.6 is 0 Å². The van der Waals surface area contributed by atoms with Crippen LogP contribution in [0, 0.1) is 0 Å². The molecule has 0 spiro atoms. The topological polar surface area (TPSA) is 66.8 Å². The third kappa shape index (κ3) is 3.35. The van der Waals surface area contributed by atoms with Gasteiger partial charge in [-0.3, -0.25) is 4.79 Å². The van der Waals surface area contributed by atoms with E-state index in [2.05, 4.69) is 0 Å². The minimum absolute atomic E-state index is 0.159. The molecule has 0 radical (unpaired) electrons. The summed E-state index contributed by atoms with van der Waals surface area (Å²) in [5, 5.41) is 19.1. The van der Waals surface area contributed by atoms with Gasteiger partial charge in [0.2, 0.25) is 0 Å². The molecule has 0 bridgehead atoms. The Bertz CT molecular complexity index is 649. The van der Waals surface area contributed by atoms with Crippen molar-refractivity contribution >= 4 is 5.78 Å². The SMILES string of the molecule is CCC(c1ccccc1C(=O)c1cccc(OC)c1)C(O)O. The van der Waals surface area contributed by atoms with E-state index < -0.39 is 12.2 Å². The molecule has 4 nitrogen and oxygen atoms in total. The Morgan fingerprint density at radius 2 is 1.86 bits per heavy atom. The molecule has 0 amide bonds. The number of hydrogen-bond acceptors (Lipinski definition) is 4. The normalized spacial score (nSPS) is 12.2. The van der Waals surface area contributed by atoms with Crippen molar-refractivity contribution in [3.63, 3.8) is 0 Å². The van der Waals surface area contributed by atoms with Gasteiger partial charge in [0, 0.05) is 17.0 Å². The second-order valence-electron chi connectivity index (χ2n) is 5.08. The monoisotopic (exact) mass is 300 g/mol. The summed E-state index contributed by atoms with van der Waals surface area (Å²) in [6.07, 6.45) is -0.968. The van der Waals surface area contributed by atoms with Gasteiger partial charge in [0.15, 0.2) is 12.1 Å². The molecule has 2 N–H and O–H groups in total. The number of ether oxygens (including phenoxy) is 1. The summed E-state index contributed by atoms with van der Waals surface area (Å²) in [6.45, 7) is 1.86. The van der Waals surface area contributed by atoms with Crippen LogP contribution in [0.15, 0.2) is 48.5 Å². The third-order valence-electron chi connectivity index (χ3n) is 3.74. The van der Waals surface area contributed by atoms with Gasteiger partial charge in [0.1, 0.15) is 5.75 Å². The van der Waals surface area contributed by atoms with Crippen molar-refractivity contribution in [3.05, 3.63) is 65.2 Å². The number of carbonyl (C=O) groups excluding carboxylic acids is 1. The largest absolute Gasteiger partial charge is 0.497 e. The highest BCUT2D eigenvalue weighted by atomic mass is 16.5. The van der Waals surface area contributed by atoms with E-state index in [9.17, 15) is 15.0 Å². The van der Waals surface area contributed by atoms with Crippen molar-refractivity contribution in [2.45, 2.75) is 25.6 Å². The van der Waals surface area contributed by atoms with Gasteiger partial charge in [-0.05, 0) is 24.1 Å². The highest BCUT2D eigenvalue weighted by Crippen LogP contribution is 2.28. The van der Waals surface area contributed by atoms with Crippen molar-refractivity contribution in [1.29, 1.82) is 0 Å². The number of carbonyl (C=O) groups is 1. The maximum atomic E-state index is 12.8. The molecule has 22 heavy (non-hydrogen) atoms. The molecule has 116 valence electrons. The summed E-state index contributed by atoms with van der Waals surface area (Å²) in [6, 6.07) is 14.0. The summed E-state index contributed by atoms with van der Waals surface area (Å²) in [5.74, 6) is -0.0445. The fourth-order valence-corrected chi connectivity index (χ4v) is 2.54. The lowest BCUT2D eigenvalue weighted by Crippen LogP contribution is -2.20. The van der Waals surface area contributed by atoms with Crippen LogP contribution in [0.5, 0.6) is 5.75 Å². The summed E-state index contributed by atoms with van der Waals surface area (Å²) in [5.41, 5.74) is 1.64. The van der Waals surface area contributed by atoms with E-state index >= 15 is 0 Å². The second-order valence-corrected chi connectivity index (χ2v) is 5.08. The molecule has 2 aromatic carbocycles. The van der Waals surface area contributed by atoms with E-state index in [1.165, 1.54) is 0 Å². The Kier molecular flexibility index (Phi) is 5.31. The van der Waals surface area contributed by atoms with Crippen LogP contribution in [0.1, 0.15) is 40.7 Å². The minimum Gasteiger partial charge on any atom is -0.497 e. The standard InChI is InChI=1S/C18H20O4/c1-3-14(18(20)21)15-9-4-5-10-16(15)17(19)12-7-6-8-13(11-12)22-2/h4-11,14,18,20-21H,3H2,1-2H3. The minimum atomic E-state index is -1.50. The molecule has 0 aliphatic rings. The predicted molar refractivity (Wildman–Crippen MR) is 84.1 cm³/mol. The summed E-state index contributed by atoms with van der Waals surface area (Å²) >= 11 is 0. The van der Waals surface area contributed by atoms with Crippen LogP contribution < -0.4 is 4.74 Å². The van der Waals surface area contributed by atoms with E-state index in [1.807, 2.05) is 6.92 Å². The van der Waals surface area contributed by atoms with E-state index in [4.69, 9.17) is 4.74 Å². The quantitative estimate of drug-likeness (QED) is 0.636. The highest BCUT2D eigenvalue weighted by molar-refractivity contribution is 6.10. The second kappa shape index (κ2) is 7.20. The number of aliphatic hydroxyl groups excluding tert-OH is 1. The van der Waals surface area contributed by atoms with E-state index in [0.29, 0.717) is 28.9 Å². The first-order valence-corrected chi connectivity index (χ1v) is 7.22. The van der Waals surface area contributed by atoms with Crippen LogP contribution in [-0.2, 0) is 0 Å². The van der Waals surface area contributed by atoms with Crippen molar-refractivity contribution in [2.75, 3.05) is 7.11 Å². The molecule has 0 aliphatic heterocycles. The maximum Gasteiger partial charge on any atom is 0.193 e. The van der Waals surface area contributed by atoms with Gasteiger partial charge in [-0.15, -0.1) is 0 Å². The van der Waals surface area contributed by atoms with Gasteiger partial charge in [0.25, 0.3) is 0 Å². The molecule has 0 aromatic heterocycles. The molecule has 0 heterocycles. The molecule has 4 heteroatoms. The van der Waals surface area contributed by atoms with Gasteiger partial charge in [-0.2, -0.15) is 0 Å². The molecule has 1 atom stereocenters. The molecule has 2 rings (SSSR count). The van der Waals surface area contributed by atoms with Gasteiger partial charge >= 0.3 is 0 Å². The summed E-state index contributed by atoms with van der Waals surface area (Å²) in [7, 11) is 1.55. The average Bonchev–Trinajstić information content (AvgIpc) is 2.55. The van der Waals surface area contributed by atoms with Crippen LogP contribution in [0.2, 0.25) is 0 Å². The van der Waals surface area contributed by atoms with Gasteiger partial charge in [-0.1, -0.05) is 43.3 Å². The van der Waals surface area contributed by atoms with E-state index in [-0.39, 0.29) is 5.78 Å². The van der Waals surface area contributed by atoms with Gasteiger partial charge in [-0.25, -0.2) is 0 Å². The number of hydrogen-bond donors (Lipinski definition) is 2. The molecular weight excluding hydrogens is 280 g/mol. The zero-order chi connectivity index (χ0) is 16.1. The first-order valence-electron chi connectivity index (χ1n) is 7.22. The lowest BCUT2D eigenvalue weighted by atomic mass is 9.88. The number of rotatable bonds is 6. The van der Waals surface area contributed by atoms with Crippen molar-refractivity contribution in [2.24, 2.45) is 0 Å². The predicted octanol–water partition coefficient (Wildman–Crippen LogP) is 2.73. The highest BCUT2D eigenvalue weighted by Gasteiger charge is 2.23. The molecule has 0 aliphatic carbocycles. The van der Waals surface area contributed by atoms with Crippen molar-refractivity contribution in [1.82, 2.24) is 0 Å². The molecule has 2 aromatic rings. The van der Waals surface area contributed by atoms with Crippen molar-refractivity contribution < 1.29 is 19.7 Å². The Morgan fingerprint density at radius 3 is 2.50 bits per heavy atom. The number of methoxy groups -OCH3 is 1. The van der Waals surface area contributed by atoms with Crippen LogP contribution in [-0.4, -0.2) is 29.4 Å². The Balaban J connectivity index is 2.45. The van der Waals surface area contributed by atoms with E-state index in [1.54, 1.807) is 55.6 Å². The summed E-state index contributed by atoms with van der Waals surface area (Å²) in [4.78, 5) is 12.8. The fourth-order valence-electron chi connectivity index (χ4n) is 2.54. The number of aliphatic hydroxyl groups is 2. The lowest BCUT2D eigenvalue weighted by molar-refractivity contribution is -0.0610. The molecule has 1 unspecified atom stereocenters. The average molecular weight is 300 g/mol. The number of ketones is 1. The summed E-state index contributed by atoms with van der Waals surface area (Å²) < 4.78 is 5.15. The van der Waals surface area contributed by atoms with Gasteiger partial charge < -0.3 is 14.9 Å². The van der Waals surface area contributed by atoms with E-state index in [0.717, 1.165) is 0 Å². The van der Waals surface area contributed by atoms with Gasteiger partial charge in [0.05, 0.1) is 7.11 Å². The number of benzene rings is 2. The Labute approximate surface area is 130 Å². The molecular formula is C18H20O4. The first kappa shape index (κ1) is 16.2. The Hall–Kier alpha value is -2.17. The zero-order valence-corrected chi connectivity index (χ0v) is 12.7. The van der Waals surface area contributed by atoms with Crippen LogP contribution in [0.25, 0.3) is 0 Å². The molecule has 0 saturated heterocycles. The third-order valence-corrected chi connectivity index (χ3v) is 3.74. The van der Waals surface area contributed by atoms with Crippen LogP contribution in [0.3, 0.4) is 0 Å². The van der Waals surface area contributed by atoms with Crippen molar-refractivity contribution in [3.8, 4) is 5.75 Å². The lowest BCUT2D eigenvalue weighted by Gasteiger charge is -2.20. The fraction of sp³-hybridized carbons (Fsp3) is 0.278. The first-order chi connectivity index (χ1) is 10.6. The molecule has 0 fully saturated rings. The zero-order valence-electron chi connectivity index (χ0n) is 12.7.